The molecule has 5 nitrogen and oxygen atoms in total. The molecule has 0 unspecified atom stereocenters. The molecule has 4 rings (SSSR count). The molecule has 0 aliphatic rings. The molecular weight excluding hydrogens is 319 g/mol. The van der Waals surface area contributed by atoms with Gasteiger partial charge in [-0.05, 0) is 17.7 Å². The number of benzene rings is 2. The van der Waals surface area contributed by atoms with Gasteiger partial charge in [-0.2, -0.15) is 0 Å². The zero-order chi connectivity index (χ0) is 17.2. The number of rotatable bonds is 4. The number of halogens is 1. The van der Waals surface area contributed by atoms with Crippen LogP contribution in [0.15, 0.2) is 61.1 Å². The summed E-state index contributed by atoms with van der Waals surface area (Å²) in [7, 11) is 1.73. The van der Waals surface area contributed by atoms with Crippen molar-refractivity contribution in [1.82, 2.24) is 15.0 Å². The fourth-order valence-electron chi connectivity index (χ4n) is 2.70. The molecular formula is C19H15FN4O. The third-order valence-electron chi connectivity index (χ3n) is 3.95. The van der Waals surface area contributed by atoms with Crippen LogP contribution in [-0.2, 0) is 0 Å². The molecule has 0 saturated heterocycles. The zero-order valence-electron chi connectivity index (χ0n) is 13.5. The second kappa shape index (κ2) is 6.24. The summed E-state index contributed by atoms with van der Waals surface area (Å²) in [4.78, 5) is 11.5. The SMILES string of the molecule is CNc1ccc(Oc2ncnc3[nH]cc(-c4ccccc4)c23)c(F)c1. The molecule has 0 spiro atoms. The minimum absolute atomic E-state index is 0.110. The number of nitrogens with one attached hydrogen (secondary N) is 2. The topological polar surface area (TPSA) is 62.8 Å². The van der Waals surface area contributed by atoms with Crippen LogP contribution in [0.5, 0.6) is 11.6 Å². The first-order valence-electron chi connectivity index (χ1n) is 7.79. The minimum Gasteiger partial charge on any atom is -0.435 e. The van der Waals surface area contributed by atoms with Crippen LogP contribution in [0, 0.1) is 5.82 Å². The van der Waals surface area contributed by atoms with Gasteiger partial charge in [0.1, 0.15) is 12.0 Å². The van der Waals surface area contributed by atoms with E-state index in [2.05, 4.69) is 20.3 Å². The molecule has 6 heteroatoms. The van der Waals surface area contributed by atoms with Gasteiger partial charge in [0.05, 0.1) is 5.39 Å². The van der Waals surface area contributed by atoms with Crippen LogP contribution in [-0.4, -0.2) is 22.0 Å². The van der Waals surface area contributed by atoms with Gasteiger partial charge in [-0.1, -0.05) is 30.3 Å². The molecule has 2 aromatic carbocycles. The highest BCUT2D eigenvalue weighted by atomic mass is 19.1. The van der Waals surface area contributed by atoms with Gasteiger partial charge in [0.15, 0.2) is 11.6 Å². The van der Waals surface area contributed by atoms with Crippen molar-refractivity contribution < 1.29 is 9.13 Å². The maximum atomic E-state index is 14.3. The Labute approximate surface area is 143 Å². The van der Waals surface area contributed by atoms with E-state index in [1.807, 2.05) is 36.5 Å². The Kier molecular flexibility index (Phi) is 3.78. The average molecular weight is 334 g/mol. The van der Waals surface area contributed by atoms with E-state index in [9.17, 15) is 4.39 Å². The third-order valence-corrected chi connectivity index (χ3v) is 3.95. The molecule has 124 valence electrons. The molecule has 0 saturated carbocycles. The summed E-state index contributed by atoms with van der Waals surface area (Å²) >= 11 is 0. The summed E-state index contributed by atoms with van der Waals surface area (Å²) in [6, 6.07) is 14.5. The number of hydrogen-bond acceptors (Lipinski definition) is 4. The Hall–Kier alpha value is -3.41. The van der Waals surface area contributed by atoms with Gasteiger partial charge in [-0.15, -0.1) is 0 Å². The fourth-order valence-corrected chi connectivity index (χ4v) is 2.70. The summed E-state index contributed by atoms with van der Waals surface area (Å²) in [5, 5.41) is 3.60. The monoisotopic (exact) mass is 334 g/mol. The van der Waals surface area contributed by atoms with E-state index in [1.165, 1.54) is 12.4 Å². The Morgan fingerprint density at radius 1 is 1.08 bits per heavy atom. The van der Waals surface area contributed by atoms with Gasteiger partial charge in [0.2, 0.25) is 5.88 Å². The lowest BCUT2D eigenvalue weighted by Gasteiger charge is -2.09. The first-order valence-corrected chi connectivity index (χ1v) is 7.79. The van der Waals surface area contributed by atoms with Crippen molar-refractivity contribution in [1.29, 1.82) is 0 Å². The van der Waals surface area contributed by atoms with Gasteiger partial charge in [-0.3, -0.25) is 0 Å². The van der Waals surface area contributed by atoms with E-state index in [4.69, 9.17) is 4.74 Å². The number of H-pyrrole nitrogens is 1. The van der Waals surface area contributed by atoms with E-state index < -0.39 is 5.82 Å². The molecule has 0 amide bonds. The Bertz CT molecular complexity index is 1030. The number of anilines is 1. The summed E-state index contributed by atoms with van der Waals surface area (Å²) < 4.78 is 20.0. The molecule has 25 heavy (non-hydrogen) atoms. The first-order chi connectivity index (χ1) is 12.3. The van der Waals surface area contributed by atoms with Crippen molar-refractivity contribution in [3.05, 3.63) is 66.9 Å². The summed E-state index contributed by atoms with van der Waals surface area (Å²) in [6.07, 6.45) is 3.24. The Morgan fingerprint density at radius 2 is 1.92 bits per heavy atom. The molecule has 4 aromatic rings. The molecule has 0 radical (unpaired) electrons. The largest absolute Gasteiger partial charge is 0.435 e. The van der Waals surface area contributed by atoms with Gasteiger partial charge in [-0.25, -0.2) is 14.4 Å². The third kappa shape index (κ3) is 2.78. The van der Waals surface area contributed by atoms with Crippen molar-refractivity contribution in [3.63, 3.8) is 0 Å². The van der Waals surface area contributed by atoms with E-state index in [1.54, 1.807) is 19.2 Å². The second-order valence-electron chi connectivity index (χ2n) is 5.47. The highest BCUT2D eigenvalue weighted by Crippen LogP contribution is 2.35. The lowest BCUT2D eigenvalue weighted by atomic mass is 10.1. The lowest BCUT2D eigenvalue weighted by Crippen LogP contribution is -1.95. The number of hydrogen-bond donors (Lipinski definition) is 2. The Morgan fingerprint density at radius 3 is 2.68 bits per heavy atom. The number of aromatic nitrogens is 3. The normalized spacial score (nSPS) is 10.8. The molecule has 0 fully saturated rings. The minimum atomic E-state index is -0.463. The molecule has 2 N–H and O–H groups in total. The predicted molar refractivity (Wildman–Crippen MR) is 95.3 cm³/mol. The van der Waals surface area contributed by atoms with Crippen molar-refractivity contribution in [2.24, 2.45) is 0 Å². The zero-order valence-corrected chi connectivity index (χ0v) is 13.5. The predicted octanol–water partition coefficient (Wildman–Crippen LogP) is 4.60. The maximum absolute atomic E-state index is 14.3. The lowest BCUT2D eigenvalue weighted by molar-refractivity contribution is 0.432. The van der Waals surface area contributed by atoms with Crippen LogP contribution < -0.4 is 10.1 Å². The highest BCUT2D eigenvalue weighted by molar-refractivity contribution is 5.97. The Balaban J connectivity index is 1.81. The average Bonchev–Trinajstić information content (AvgIpc) is 3.09. The molecule has 2 heterocycles. The molecule has 0 aliphatic heterocycles. The number of fused-ring (bicyclic) bond motifs is 1. The van der Waals surface area contributed by atoms with Crippen LogP contribution in [0.3, 0.4) is 0 Å². The van der Waals surface area contributed by atoms with E-state index in [0.29, 0.717) is 22.6 Å². The molecule has 0 aliphatic carbocycles. The second-order valence-corrected chi connectivity index (χ2v) is 5.47. The van der Waals surface area contributed by atoms with Gasteiger partial charge < -0.3 is 15.0 Å². The van der Waals surface area contributed by atoms with Crippen molar-refractivity contribution in [2.75, 3.05) is 12.4 Å². The van der Waals surface area contributed by atoms with Gasteiger partial charge >= 0.3 is 0 Å². The molecule has 0 atom stereocenters. The summed E-state index contributed by atoms with van der Waals surface area (Å²) in [6.45, 7) is 0. The fraction of sp³-hybridized carbons (Fsp3) is 0.0526. The number of nitrogens with zero attached hydrogens (tertiary/aromatic N) is 2. The highest BCUT2D eigenvalue weighted by Gasteiger charge is 2.16. The van der Waals surface area contributed by atoms with Gasteiger partial charge in [0.25, 0.3) is 0 Å². The molecule has 0 bridgehead atoms. The quantitative estimate of drug-likeness (QED) is 0.572. The van der Waals surface area contributed by atoms with Crippen molar-refractivity contribution in [3.8, 4) is 22.8 Å². The van der Waals surface area contributed by atoms with E-state index in [0.717, 1.165) is 11.1 Å². The van der Waals surface area contributed by atoms with Crippen molar-refractivity contribution in [2.45, 2.75) is 0 Å². The number of aromatic amines is 1. The van der Waals surface area contributed by atoms with Crippen LogP contribution >= 0.6 is 0 Å². The van der Waals surface area contributed by atoms with Crippen LogP contribution in [0.4, 0.5) is 10.1 Å². The van der Waals surface area contributed by atoms with Crippen LogP contribution in [0.2, 0.25) is 0 Å². The van der Waals surface area contributed by atoms with E-state index >= 15 is 0 Å². The summed E-state index contributed by atoms with van der Waals surface area (Å²) in [5.74, 6) is -0.0455. The smallest absolute Gasteiger partial charge is 0.232 e. The molecule has 2 aromatic heterocycles. The standard InChI is InChI=1S/C19H15FN4O/c1-21-13-7-8-16(15(20)9-13)25-19-17-14(12-5-3-2-4-6-12)10-22-18(17)23-11-24-19/h2-11,21H,1H3,(H,22,23,24). The van der Waals surface area contributed by atoms with Crippen LogP contribution in [0.25, 0.3) is 22.2 Å². The number of ether oxygens (including phenoxy) is 1. The first kappa shape index (κ1) is 15.1. The van der Waals surface area contributed by atoms with E-state index in [-0.39, 0.29) is 5.75 Å². The van der Waals surface area contributed by atoms with Crippen LogP contribution in [0.1, 0.15) is 0 Å². The summed E-state index contributed by atoms with van der Waals surface area (Å²) in [5.41, 5.74) is 3.21. The maximum Gasteiger partial charge on any atom is 0.232 e. The van der Waals surface area contributed by atoms with Crippen molar-refractivity contribution >= 4 is 16.7 Å². The van der Waals surface area contributed by atoms with Gasteiger partial charge in [0, 0.05) is 30.6 Å².